The zero-order valence-electron chi connectivity index (χ0n) is 10.9. The Morgan fingerprint density at radius 3 is 2.25 bits per heavy atom. The molecule has 0 saturated carbocycles. The van der Waals surface area contributed by atoms with Crippen LogP contribution in [-0.4, -0.2) is 0 Å². The first kappa shape index (κ1) is 11.1. The summed E-state index contributed by atoms with van der Waals surface area (Å²) in [6.07, 6.45) is 1.08. The zero-order chi connectivity index (χ0) is 11.9. The normalized spacial score (nSPS) is 11.1. The van der Waals surface area contributed by atoms with Gasteiger partial charge in [0.2, 0.25) is 5.52 Å². The lowest BCUT2D eigenvalue weighted by Crippen LogP contribution is -2.34. The molecule has 1 nitrogen and oxygen atoms in total. The summed E-state index contributed by atoms with van der Waals surface area (Å²) >= 11 is 0. The van der Waals surface area contributed by atoms with Crippen molar-refractivity contribution in [3.05, 3.63) is 40.6 Å². The molecule has 0 radical (unpaired) electrons. The van der Waals surface area contributed by atoms with E-state index in [9.17, 15) is 0 Å². The first-order valence-electron chi connectivity index (χ1n) is 5.94. The molecule has 0 amide bonds. The van der Waals surface area contributed by atoms with Crippen LogP contribution < -0.4 is 4.57 Å². The molecule has 2 aromatic rings. The van der Waals surface area contributed by atoms with E-state index in [0.717, 1.165) is 6.42 Å². The van der Waals surface area contributed by atoms with E-state index in [1.54, 1.807) is 0 Å². The molecule has 1 heterocycles. The minimum atomic E-state index is 1.08. The van der Waals surface area contributed by atoms with Gasteiger partial charge in [0, 0.05) is 18.6 Å². The van der Waals surface area contributed by atoms with Crippen LogP contribution in [0.1, 0.15) is 29.3 Å². The molecule has 0 atom stereocenters. The van der Waals surface area contributed by atoms with Gasteiger partial charge in [0.1, 0.15) is 7.05 Å². The summed E-state index contributed by atoms with van der Waals surface area (Å²) in [5, 5.41) is 1.41. The molecule has 0 unspecified atom stereocenters. The lowest BCUT2D eigenvalue weighted by atomic mass is 10.0. The Labute approximate surface area is 97.7 Å². The van der Waals surface area contributed by atoms with Crippen LogP contribution in [0.5, 0.6) is 0 Å². The Bertz CT molecular complexity index is 553. The third-order valence-corrected chi connectivity index (χ3v) is 3.39. The molecule has 0 aliphatic heterocycles. The second-order valence-electron chi connectivity index (χ2n) is 4.71. The molecule has 1 heteroatoms. The van der Waals surface area contributed by atoms with E-state index in [0.29, 0.717) is 0 Å². The first-order valence-corrected chi connectivity index (χ1v) is 5.94. The van der Waals surface area contributed by atoms with Crippen LogP contribution >= 0.6 is 0 Å². The van der Waals surface area contributed by atoms with Crippen molar-refractivity contribution in [3.8, 4) is 0 Å². The minimum absolute atomic E-state index is 1.08. The predicted molar refractivity (Wildman–Crippen MR) is 68.7 cm³/mol. The standard InChI is InChI=1S/C15H20N/c1-6-13-9-12(4)15-11(3)7-10(2)8-14(15)16(13)5/h7-9H,6H2,1-5H3/q+1. The highest BCUT2D eigenvalue weighted by Gasteiger charge is 2.14. The topological polar surface area (TPSA) is 3.88 Å². The maximum atomic E-state index is 2.32. The molecule has 16 heavy (non-hydrogen) atoms. The average Bonchev–Trinajstić information content (AvgIpc) is 2.22. The van der Waals surface area contributed by atoms with Gasteiger partial charge in [-0.15, -0.1) is 0 Å². The number of aryl methyl sites for hydroxylation is 5. The number of pyridine rings is 1. The summed E-state index contributed by atoms with van der Waals surface area (Å²) in [7, 11) is 2.17. The van der Waals surface area contributed by atoms with Crippen molar-refractivity contribution < 1.29 is 4.57 Å². The summed E-state index contributed by atoms with van der Waals surface area (Å²) in [6.45, 7) is 8.79. The van der Waals surface area contributed by atoms with Gasteiger partial charge < -0.3 is 0 Å². The van der Waals surface area contributed by atoms with Gasteiger partial charge in [-0.25, -0.2) is 0 Å². The smallest absolute Gasteiger partial charge is 0.198 e. The summed E-state index contributed by atoms with van der Waals surface area (Å²) in [6, 6.07) is 6.86. The van der Waals surface area contributed by atoms with Gasteiger partial charge in [-0.1, -0.05) is 13.0 Å². The number of benzene rings is 1. The Morgan fingerprint density at radius 2 is 1.62 bits per heavy atom. The van der Waals surface area contributed by atoms with Gasteiger partial charge in [-0.3, -0.25) is 0 Å². The third-order valence-electron chi connectivity index (χ3n) is 3.39. The fourth-order valence-corrected chi connectivity index (χ4v) is 2.64. The molecule has 1 aromatic heterocycles. The maximum absolute atomic E-state index is 2.32. The second-order valence-corrected chi connectivity index (χ2v) is 4.71. The maximum Gasteiger partial charge on any atom is 0.213 e. The molecular weight excluding hydrogens is 194 g/mol. The fourth-order valence-electron chi connectivity index (χ4n) is 2.64. The fraction of sp³-hybridized carbons (Fsp3) is 0.400. The Balaban J connectivity index is 2.95. The van der Waals surface area contributed by atoms with Crippen LogP contribution in [0.2, 0.25) is 0 Å². The molecule has 0 fully saturated rings. The number of hydrogen-bond acceptors (Lipinski definition) is 0. The highest BCUT2D eigenvalue weighted by molar-refractivity contribution is 5.83. The number of nitrogens with zero attached hydrogens (tertiary/aromatic N) is 1. The molecule has 84 valence electrons. The summed E-state index contributed by atoms with van der Waals surface area (Å²) in [4.78, 5) is 0. The van der Waals surface area contributed by atoms with E-state index in [-0.39, 0.29) is 0 Å². The van der Waals surface area contributed by atoms with E-state index >= 15 is 0 Å². The molecule has 0 bridgehead atoms. The number of hydrogen-bond donors (Lipinski definition) is 0. The lowest BCUT2D eigenvalue weighted by Gasteiger charge is -2.08. The van der Waals surface area contributed by atoms with Crippen molar-refractivity contribution in [1.29, 1.82) is 0 Å². The van der Waals surface area contributed by atoms with Crippen molar-refractivity contribution in [2.75, 3.05) is 0 Å². The van der Waals surface area contributed by atoms with E-state index in [4.69, 9.17) is 0 Å². The van der Waals surface area contributed by atoms with E-state index < -0.39 is 0 Å². The van der Waals surface area contributed by atoms with Crippen molar-refractivity contribution in [2.24, 2.45) is 7.05 Å². The number of aromatic nitrogens is 1. The minimum Gasteiger partial charge on any atom is -0.198 e. The first-order chi connectivity index (χ1) is 7.54. The van der Waals surface area contributed by atoms with Crippen LogP contribution in [0.25, 0.3) is 10.9 Å². The highest BCUT2D eigenvalue weighted by atomic mass is 14.9. The quantitative estimate of drug-likeness (QED) is 0.642. The van der Waals surface area contributed by atoms with Gasteiger partial charge in [0.25, 0.3) is 0 Å². The molecule has 0 aliphatic carbocycles. The summed E-state index contributed by atoms with van der Waals surface area (Å²) in [5.41, 5.74) is 6.87. The molecule has 1 aromatic carbocycles. The predicted octanol–water partition coefficient (Wildman–Crippen LogP) is 3.15. The van der Waals surface area contributed by atoms with Gasteiger partial charge in [-0.2, -0.15) is 4.57 Å². The van der Waals surface area contributed by atoms with E-state index in [2.05, 4.69) is 57.5 Å². The molecule has 0 spiro atoms. The highest BCUT2D eigenvalue weighted by Crippen LogP contribution is 2.22. The van der Waals surface area contributed by atoms with Crippen LogP contribution in [0.15, 0.2) is 18.2 Å². The van der Waals surface area contributed by atoms with Gasteiger partial charge >= 0.3 is 0 Å². The van der Waals surface area contributed by atoms with Crippen molar-refractivity contribution in [2.45, 2.75) is 34.1 Å². The van der Waals surface area contributed by atoms with Crippen molar-refractivity contribution in [1.82, 2.24) is 0 Å². The summed E-state index contributed by atoms with van der Waals surface area (Å²) < 4.78 is 2.32. The number of fused-ring (bicyclic) bond motifs is 1. The summed E-state index contributed by atoms with van der Waals surface area (Å²) in [5.74, 6) is 0. The van der Waals surface area contributed by atoms with Crippen LogP contribution in [0.3, 0.4) is 0 Å². The Hall–Kier alpha value is -1.37. The Morgan fingerprint density at radius 1 is 1.00 bits per heavy atom. The largest absolute Gasteiger partial charge is 0.213 e. The average molecular weight is 214 g/mol. The SMILES string of the molecule is CCc1cc(C)c2c(C)cc(C)cc2[n+]1C. The van der Waals surface area contributed by atoms with Gasteiger partial charge in [0.05, 0.1) is 5.39 Å². The van der Waals surface area contributed by atoms with E-state index in [1.807, 2.05) is 0 Å². The zero-order valence-corrected chi connectivity index (χ0v) is 10.9. The molecule has 0 N–H and O–H groups in total. The lowest BCUT2D eigenvalue weighted by molar-refractivity contribution is -0.652. The molecule has 0 saturated heterocycles. The Kier molecular flexibility index (Phi) is 2.71. The molecular formula is C15H20N+. The van der Waals surface area contributed by atoms with Crippen molar-refractivity contribution >= 4 is 10.9 Å². The monoisotopic (exact) mass is 214 g/mol. The third kappa shape index (κ3) is 1.60. The van der Waals surface area contributed by atoms with E-state index in [1.165, 1.54) is 33.3 Å². The van der Waals surface area contributed by atoms with Crippen LogP contribution in [-0.2, 0) is 13.5 Å². The van der Waals surface area contributed by atoms with Gasteiger partial charge in [-0.05, 0) is 37.5 Å². The van der Waals surface area contributed by atoms with Crippen LogP contribution in [0, 0.1) is 20.8 Å². The van der Waals surface area contributed by atoms with Crippen molar-refractivity contribution in [3.63, 3.8) is 0 Å². The molecule has 0 aliphatic rings. The molecule has 2 rings (SSSR count). The van der Waals surface area contributed by atoms with Gasteiger partial charge in [0.15, 0.2) is 5.69 Å². The van der Waals surface area contributed by atoms with Crippen LogP contribution in [0.4, 0.5) is 0 Å². The number of rotatable bonds is 1. The second kappa shape index (κ2) is 3.89.